The Morgan fingerprint density at radius 1 is 1.09 bits per heavy atom. The average Bonchev–Trinajstić information content (AvgIpc) is 2.72. The third kappa shape index (κ3) is 7.56. The summed E-state index contributed by atoms with van der Waals surface area (Å²) < 4.78 is 32.7. The Hall–Kier alpha value is -1.97. The van der Waals surface area contributed by atoms with Crippen LogP contribution in [0.2, 0.25) is 5.02 Å². The van der Waals surface area contributed by atoms with Crippen LogP contribution in [0.1, 0.15) is 31.4 Å². The van der Waals surface area contributed by atoms with Crippen LogP contribution in [0.4, 0.5) is 0 Å². The van der Waals surface area contributed by atoms with Gasteiger partial charge in [0.05, 0.1) is 17.1 Å². The largest absolute Gasteiger partial charge is 0.373 e. The van der Waals surface area contributed by atoms with Crippen molar-refractivity contribution in [3.05, 3.63) is 64.7 Å². The molecule has 0 spiro atoms. The molecule has 32 heavy (non-hydrogen) atoms. The second kappa shape index (κ2) is 11.2. The van der Waals surface area contributed by atoms with Crippen molar-refractivity contribution in [2.75, 3.05) is 19.6 Å². The normalized spacial score (nSPS) is 19.6. The first-order valence-electron chi connectivity index (χ1n) is 10.7. The molecule has 2 N–H and O–H groups in total. The molecule has 2 aromatic rings. The Balaban J connectivity index is 1.40. The summed E-state index contributed by atoms with van der Waals surface area (Å²) in [6, 6.07) is 14.2. The minimum Gasteiger partial charge on any atom is -0.373 e. The fourth-order valence-electron chi connectivity index (χ4n) is 3.74. The molecule has 174 valence electrons. The number of nitrogens with zero attached hydrogens (tertiary/aromatic N) is 1. The summed E-state index contributed by atoms with van der Waals surface area (Å²) in [5.41, 5.74) is 2.21. The average molecular weight is 480 g/mol. The van der Waals surface area contributed by atoms with Crippen LogP contribution in [0.5, 0.6) is 0 Å². The second-order valence-electron chi connectivity index (χ2n) is 8.15. The van der Waals surface area contributed by atoms with Crippen LogP contribution < -0.4 is 10.0 Å². The van der Waals surface area contributed by atoms with E-state index in [0.717, 1.165) is 25.2 Å². The molecule has 0 aliphatic carbocycles. The number of hydrogen-bond donors (Lipinski definition) is 2. The molecule has 1 saturated heterocycles. The van der Waals surface area contributed by atoms with Gasteiger partial charge in [0.25, 0.3) is 0 Å². The van der Waals surface area contributed by atoms with Gasteiger partial charge in [-0.2, -0.15) is 0 Å². The highest BCUT2D eigenvalue weighted by Crippen LogP contribution is 2.16. The van der Waals surface area contributed by atoms with Gasteiger partial charge in [-0.05, 0) is 43.2 Å². The maximum Gasteiger partial charge on any atom is 0.240 e. The van der Waals surface area contributed by atoms with Crippen LogP contribution in [0.15, 0.2) is 53.4 Å². The number of rotatable bonds is 9. The molecule has 2 aromatic carbocycles. The second-order valence-corrected chi connectivity index (χ2v) is 10.4. The predicted octanol–water partition coefficient (Wildman–Crippen LogP) is 2.93. The first-order valence-corrected chi connectivity index (χ1v) is 12.5. The lowest BCUT2D eigenvalue weighted by Crippen LogP contribution is -2.44. The van der Waals surface area contributed by atoms with Crippen molar-refractivity contribution in [3.8, 4) is 0 Å². The van der Waals surface area contributed by atoms with E-state index in [1.807, 2.05) is 12.1 Å². The molecule has 0 saturated carbocycles. The van der Waals surface area contributed by atoms with Gasteiger partial charge in [-0.15, -0.1) is 0 Å². The molecule has 7 nitrogen and oxygen atoms in total. The van der Waals surface area contributed by atoms with Crippen molar-refractivity contribution in [3.63, 3.8) is 0 Å². The minimum absolute atomic E-state index is 0.00993. The molecule has 1 aliphatic heterocycles. The number of morpholine rings is 1. The number of nitrogens with one attached hydrogen (secondary N) is 2. The monoisotopic (exact) mass is 479 g/mol. The van der Waals surface area contributed by atoms with E-state index in [9.17, 15) is 13.2 Å². The zero-order valence-corrected chi connectivity index (χ0v) is 20.0. The summed E-state index contributed by atoms with van der Waals surface area (Å²) in [6.45, 7) is 7.30. The lowest BCUT2D eigenvalue weighted by Gasteiger charge is -2.35. The highest BCUT2D eigenvalue weighted by Gasteiger charge is 2.22. The first kappa shape index (κ1) is 24.7. The molecule has 1 aliphatic rings. The highest BCUT2D eigenvalue weighted by atomic mass is 35.5. The Kier molecular flexibility index (Phi) is 8.67. The zero-order chi connectivity index (χ0) is 23.1. The Morgan fingerprint density at radius 2 is 1.75 bits per heavy atom. The minimum atomic E-state index is -3.70. The Morgan fingerprint density at radius 3 is 2.41 bits per heavy atom. The smallest absolute Gasteiger partial charge is 0.240 e. The molecule has 1 amide bonds. The number of carbonyl (C=O) groups is 1. The van der Waals surface area contributed by atoms with Crippen LogP contribution >= 0.6 is 11.6 Å². The number of halogens is 1. The summed E-state index contributed by atoms with van der Waals surface area (Å²) in [4.78, 5) is 14.6. The predicted molar refractivity (Wildman–Crippen MR) is 125 cm³/mol. The quantitative estimate of drug-likeness (QED) is 0.577. The van der Waals surface area contributed by atoms with E-state index in [1.54, 1.807) is 12.1 Å². The third-order valence-corrected chi connectivity index (χ3v) is 6.86. The van der Waals surface area contributed by atoms with Gasteiger partial charge in [-0.3, -0.25) is 9.69 Å². The fourth-order valence-corrected chi connectivity index (χ4v) is 5.07. The van der Waals surface area contributed by atoms with E-state index in [1.165, 1.54) is 17.7 Å². The van der Waals surface area contributed by atoms with Crippen molar-refractivity contribution in [1.82, 2.24) is 14.9 Å². The third-order valence-electron chi connectivity index (χ3n) is 5.16. The number of ether oxygens (including phenoxy) is 1. The Labute approximate surface area is 195 Å². The lowest BCUT2D eigenvalue weighted by molar-refractivity contribution is -0.121. The summed E-state index contributed by atoms with van der Waals surface area (Å²) >= 11 is 5.84. The maximum atomic E-state index is 12.2. The van der Waals surface area contributed by atoms with Crippen LogP contribution in [-0.4, -0.2) is 51.1 Å². The van der Waals surface area contributed by atoms with E-state index in [-0.39, 0.29) is 36.0 Å². The Bertz CT molecular complexity index is 1000. The van der Waals surface area contributed by atoms with E-state index in [2.05, 4.69) is 40.9 Å². The van der Waals surface area contributed by atoms with E-state index in [4.69, 9.17) is 16.3 Å². The van der Waals surface area contributed by atoms with Crippen molar-refractivity contribution >= 4 is 27.5 Å². The summed E-state index contributed by atoms with van der Waals surface area (Å²) in [6.07, 6.45) is 0.525. The van der Waals surface area contributed by atoms with Gasteiger partial charge >= 0.3 is 0 Å². The van der Waals surface area contributed by atoms with Gasteiger partial charge in [-0.25, -0.2) is 13.1 Å². The van der Waals surface area contributed by atoms with Crippen LogP contribution in [0.25, 0.3) is 0 Å². The summed E-state index contributed by atoms with van der Waals surface area (Å²) in [5.74, 6) is -0.223. The van der Waals surface area contributed by atoms with Gasteiger partial charge in [0.1, 0.15) is 0 Å². The van der Waals surface area contributed by atoms with Crippen molar-refractivity contribution in [2.24, 2.45) is 0 Å². The van der Waals surface area contributed by atoms with Crippen molar-refractivity contribution in [2.45, 2.75) is 50.5 Å². The van der Waals surface area contributed by atoms with Gasteiger partial charge < -0.3 is 10.1 Å². The summed E-state index contributed by atoms with van der Waals surface area (Å²) in [7, 11) is -3.70. The van der Waals surface area contributed by atoms with Crippen molar-refractivity contribution in [1.29, 1.82) is 0 Å². The molecule has 1 fully saturated rings. The topological polar surface area (TPSA) is 87.7 Å². The fraction of sp³-hybridized carbons (Fsp3) is 0.435. The maximum absolute atomic E-state index is 12.2. The van der Waals surface area contributed by atoms with Crippen LogP contribution in [-0.2, 0) is 32.6 Å². The SMILES string of the molecule is CC1CN(Cc2ccc(CNC(=O)CCNS(=O)(=O)c3cccc(Cl)c3)cc2)CC(C)O1. The lowest BCUT2D eigenvalue weighted by atomic mass is 10.1. The molecule has 3 rings (SSSR count). The standard InChI is InChI=1S/C23H30ClN3O4S/c1-17-14-27(15-18(2)31-17)16-20-8-6-19(7-9-20)13-25-23(28)10-11-26-32(29,30)22-5-3-4-21(24)12-22/h3-9,12,17-18,26H,10-11,13-16H2,1-2H3,(H,25,28). The van der Waals surface area contributed by atoms with Gasteiger partial charge in [0.2, 0.25) is 15.9 Å². The molecule has 0 aromatic heterocycles. The van der Waals surface area contributed by atoms with Gasteiger partial charge in [0.15, 0.2) is 0 Å². The van der Waals surface area contributed by atoms with E-state index < -0.39 is 10.0 Å². The van der Waals surface area contributed by atoms with E-state index in [0.29, 0.717) is 11.6 Å². The number of sulfonamides is 1. The van der Waals surface area contributed by atoms with Gasteiger partial charge in [-0.1, -0.05) is 41.9 Å². The molecule has 2 unspecified atom stereocenters. The molecule has 0 radical (unpaired) electrons. The number of carbonyl (C=O) groups excluding carboxylic acids is 1. The van der Waals surface area contributed by atoms with Crippen LogP contribution in [0, 0.1) is 0 Å². The van der Waals surface area contributed by atoms with E-state index >= 15 is 0 Å². The highest BCUT2D eigenvalue weighted by molar-refractivity contribution is 7.89. The molecule has 9 heteroatoms. The first-order chi connectivity index (χ1) is 15.2. The van der Waals surface area contributed by atoms with Gasteiger partial charge in [0, 0.05) is 44.2 Å². The number of benzene rings is 2. The zero-order valence-electron chi connectivity index (χ0n) is 18.4. The number of hydrogen-bond acceptors (Lipinski definition) is 5. The van der Waals surface area contributed by atoms with Crippen LogP contribution in [0.3, 0.4) is 0 Å². The molecular weight excluding hydrogens is 450 g/mol. The molecular formula is C23H30ClN3O4S. The number of amides is 1. The molecule has 0 bridgehead atoms. The molecule has 1 heterocycles. The summed E-state index contributed by atoms with van der Waals surface area (Å²) in [5, 5.41) is 3.16. The molecule has 2 atom stereocenters. The van der Waals surface area contributed by atoms with Crippen molar-refractivity contribution < 1.29 is 17.9 Å².